The number of carbonyl (C=O) groups excluding carboxylic acids is 3. The van der Waals surface area contributed by atoms with E-state index in [-0.39, 0.29) is 11.1 Å². The van der Waals surface area contributed by atoms with Crippen LogP contribution in [0.4, 0.5) is 8.78 Å². The van der Waals surface area contributed by atoms with E-state index in [9.17, 15) is 23.2 Å². The molecule has 0 saturated carbocycles. The van der Waals surface area contributed by atoms with Crippen molar-refractivity contribution >= 4 is 33.5 Å². The highest BCUT2D eigenvalue weighted by atomic mass is 79.9. The first-order chi connectivity index (χ1) is 13.4. The van der Waals surface area contributed by atoms with Gasteiger partial charge in [0, 0.05) is 10.0 Å². The van der Waals surface area contributed by atoms with Crippen molar-refractivity contribution in [3.63, 3.8) is 0 Å². The average molecular weight is 467 g/mol. The zero-order valence-electron chi connectivity index (χ0n) is 16.5. The van der Waals surface area contributed by atoms with E-state index in [1.807, 2.05) is 0 Å². The first kappa shape index (κ1) is 22.9. The molecule has 2 unspecified atom stereocenters. The van der Waals surface area contributed by atoms with Crippen LogP contribution < -0.4 is 0 Å². The van der Waals surface area contributed by atoms with E-state index in [1.54, 1.807) is 20.8 Å². The summed E-state index contributed by atoms with van der Waals surface area (Å²) in [4.78, 5) is 38.5. The minimum atomic E-state index is -1.49. The molecule has 0 N–H and O–H groups in total. The summed E-state index contributed by atoms with van der Waals surface area (Å²) >= 11 is 3.17. The number of esters is 1. The van der Waals surface area contributed by atoms with Crippen LogP contribution in [0.25, 0.3) is 0 Å². The number of halogens is 3. The second kappa shape index (κ2) is 8.95. The van der Waals surface area contributed by atoms with Gasteiger partial charge in [0.1, 0.15) is 28.9 Å². The second-order valence-corrected chi connectivity index (χ2v) is 8.59. The highest BCUT2D eigenvalue weighted by Crippen LogP contribution is 2.34. The molecule has 0 radical (unpaired) electrons. The number of ether oxygens (including phenoxy) is 1. The lowest BCUT2D eigenvalue weighted by atomic mass is 9.78. The Morgan fingerprint density at radius 3 is 2.03 bits per heavy atom. The smallest absolute Gasteiger partial charge is 0.318 e. The molecule has 2 aromatic carbocycles. The van der Waals surface area contributed by atoms with Crippen molar-refractivity contribution in [2.75, 3.05) is 0 Å². The van der Waals surface area contributed by atoms with Crippen LogP contribution in [0.15, 0.2) is 46.9 Å². The zero-order chi connectivity index (χ0) is 21.9. The fourth-order valence-corrected chi connectivity index (χ4v) is 3.43. The van der Waals surface area contributed by atoms with Crippen molar-refractivity contribution in [1.29, 1.82) is 0 Å². The highest BCUT2D eigenvalue weighted by molar-refractivity contribution is 9.10. The Labute approximate surface area is 176 Å². The average Bonchev–Trinajstić information content (AvgIpc) is 2.56. The molecular formula is C22H21BrF2O4. The van der Waals surface area contributed by atoms with Crippen LogP contribution in [0, 0.1) is 17.6 Å². The maximum Gasteiger partial charge on any atom is 0.318 e. The maximum absolute atomic E-state index is 14.1. The third-order valence-corrected chi connectivity index (χ3v) is 4.55. The van der Waals surface area contributed by atoms with Gasteiger partial charge in [-0.3, -0.25) is 14.4 Å². The summed E-state index contributed by atoms with van der Waals surface area (Å²) in [6, 6.07) is 8.46. The molecule has 2 aromatic rings. The Balaban J connectivity index is 2.63. The summed E-state index contributed by atoms with van der Waals surface area (Å²) in [6.07, 6.45) is 0. The van der Waals surface area contributed by atoms with Gasteiger partial charge >= 0.3 is 5.97 Å². The number of ketones is 2. The quantitative estimate of drug-likeness (QED) is 0.331. The summed E-state index contributed by atoms with van der Waals surface area (Å²) in [5.41, 5.74) is -0.666. The predicted octanol–water partition coefficient (Wildman–Crippen LogP) is 5.24. The fraction of sp³-hybridized carbons (Fsp3) is 0.318. The molecule has 4 nitrogen and oxygen atoms in total. The van der Waals surface area contributed by atoms with E-state index in [1.165, 1.54) is 31.2 Å². The molecule has 0 aliphatic heterocycles. The second-order valence-electron chi connectivity index (χ2n) is 7.67. The first-order valence-corrected chi connectivity index (χ1v) is 9.67. The van der Waals surface area contributed by atoms with Crippen LogP contribution in [-0.4, -0.2) is 23.1 Å². The normalized spacial score (nSPS) is 13.5. The van der Waals surface area contributed by atoms with Crippen LogP contribution in [0.1, 0.15) is 49.5 Å². The van der Waals surface area contributed by atoms with Crippen molar-refractivity contribution in [2.24, 2.45) is 5.92 Å². The van der Waals surface area contributed by atoms with Crippen molar-refractivity contribution in [1.82, 2.24) is 0 Å². The Bertz CT molecular complexity index is 913. The van der Waals surface area contributed by atoms with E-state index in [0.717, 1.165) is 18.2 Å². The molecule has 2 rings (SSSR count). The van der Waals surface area contributed by atoms with E-state index < -0.39 is 46.6 Å². The number of benzene rings is 2. The fourth-order valence-electron chi connectivity index (χ4n) is 2.95. The van der Waals surface area contributed by atoms with Gasteiger partial charge in [0.25, 0.3) is 0 Å². The van der Waals surface area contributed by atoms with Gasteiger partial charge in [-0.2, -0.15) is 0 Å². The Hall–Kier alpha value is -2.41. The zero-order valence-corrected chi connectivity index (χ0v) is 18.0. The Kier molecular flexibility index (Phi) is 7.06. The van der Waals surface area contributed by atoms with Crippen molar-refractivity contribution < 1.29 is 27.9 Å². The third kappa shape index (κ3) is 6.03. The van der Waals surface area contributed by atoms with E-state index >= 15 is 0 Å². The Morgan fingerprint density at radius 2 is 1.55 bits per heavy atom. The summed E-state index contributed by atoms with van der Waals surface area (Å²) in [5.74, 6) is -6.10. The molecule has 29 heavy (non-hydrogen) atoms. The van der Waals surface area contributed by atoms with Crippen molar-refractivity contribution in [3.8, 4) is 0 Å². The molecular weight excluding hydrogens is 446 g/mol. The monoisotopic (exact) mass is 466 g/mol. The first-order valence-electron chi connectivity index (χ1n) is 8.88. The molecule has 154 valence electrons. The van der Waals surface area contributed by atoms with Gasteiger partial charge in [-0.1, -0.05) is 15.9 Å². The summed E-state index contributed by atoms with van der Waals surface area (Å²) < 4.78 is 33.0. The molecule has 2 atom stereocenters. The number of hydrogen-bond donors (Lipinski definition) is 0. The lowest BCUT2D eigenvalue weighted by Gasteiger charge is -2.27. The maximum atomic E-state index is 14.1. The largest absolute Gasteiger partial charge is 0.459 e. The molecule has 0 heterocycles. The molecule has 0 fully saturated rings. The summed E-state index contributed by atoms with van der Waals surface area (Å²) in [6.45, 7) is 6.08. The van der Waals surface area contributed by atoms with Gasteiger partial charge in [-0.15, -0.1) is 0 Å². The van der Waals surface area contributed by atoms with Crippen molar-refractivity contribution in [3.05, 3.63) is 69.7 Å². The minimum Gasteiger partial charge on any atom is -0.459 e. The molecule has 0 bridgehead atoms. The molecule has 0 saturated heterocycles. The minimum absolute atomic E-state index is 0.0894. The number of hydrogen-bond acceptors (Lipinski definition) is 4. The highest BCUT2D eigenvalue weighted by Gasteiger charge is 2.41. The lowest BCUT2D eigenvalue weighted by molar-refractivity contribution is -0.162. The van der Waals surface area contributed by atoms with E-state index in [4.69, 9.17) is 4.74 Å². The molecule has 0 aromatic heterocycles. The molecule has 0 spiro atoms. The SMILES string of the molecule is CC(=O)C(C(=O)OC(C)(C)C)C(C(=O)c1ccc(F)cc1)c1cc(F)cc(Br)c1. The molecule has 0 aliphatic rings. The van der Waals surface area contributed by atoms with Gasteiger partial charge in [0.15, 0.2) is 5.78 Å². The van der Waals surface area contributed by atoms with E-state index in [2.05, 4.69) is 15.9 Å². The van der Waals surface area contributed by atoms with E-state index in [0.29, 0.717) is 4.47 Å². The Morgan fingerprint density at radius 1 is 0.966 bits per heavy atom. The topological polar surface area (TPSA) is 60.4 Å². The third-order valence-electron chi connectivity index (χ3n) is 4.09. The lowest BCUT2D eigenvalue weighted by Crippen LogP contribution is -2.38. The van der Waals surface area contributed by atoms with Gasteiger partial charge in [-0.05, 0) is 75.7 Å². The molecule has 7 heteroatoms. The number of rotatable bonds is 6. The predicted molar refractivity (Wildman–Crippen MR) is 108 cm³/mol. The van der Waals surface area contributed by atoms with Crippen LogP contribution >= 0.6 is 15.9 Å². The standard InChI is InChI=1S/C22H21BrF2O4/c1-12(26)18(21(28)29-22(2,3)4)19(14-9-15(23)11-17(25)10-14)20(27)13-5-7-16(24)8-6-13/h5-11,18-19H,1-4H3. The number of Topliss-reactive ketones (excluding diaryl/α,β-unsaturated/α-hetero) is 2. The number of carbonyl (C=O) groups is 3. The van der Waals surface area contributed by atoms with Gasteiger partial charge < -0.3 is 4.74 Å². The van der Waals surface area contributed by atoms with Crippen LogP contribution in [0.3, 0.4) is 0 Å². The van der Waals surface area contributed by atoms with Crippen LogP contribution in [0.2, 0.25) is 0 Å². The van der Waals surface area contributed by atoms with Crippen LogP contribution in [0.5, 0.6) is 0 Å². The summed E-state index contributed by atoms with van der Waals surface area (Å²) in [5, 5.41) is 0. The van der Waals surface area contributed by atoms with Gasteiger partial charge in [-0.25, -0.2) is 8.78 Å². The molecule has 0 amide bonds. The van der Waals surface area contributed by atoms with Crippen molar-refractivity contribution in [2.45, 2.75) is 39.2 Å². The van der Waals surface area contributed by atoms with Gasteiger partial charge in [0.2, 0.25) is 0 Å². The van der Waals surface area contributed by atoms with Gasteiger partial charge in [0.05, 0.1) is 5.92 Å². The van der Waals surface area contributed by atoms with Crippen LogP contribution in [-0.2, 0) is 14.3 Å². The molecule has 0 aliphatic carbocycles. The summed E-state index contributed by atoms with van der Waals surface area (Å²) in [7, 11) is 0.